The van der Waals surface area contributed by atoms with Crippen molar-refractivity contribution in [1.29, 1.82) is 0 Å². The third-order valence-electron chi connectivity index (χ3n) is 3.12. The lowest BCUT2D eigenvalue weighted by Crippen LogP contribution is -2.45. The predicted octanol–water partition coefficient (Wildman–Crippen LogP) is 2.07. The molecule has 1 atom stereocenters. The molecule has 0 radical (unpaired) electrons. The molecule has 1 heterocycles. The lowest BCUT2D eigenvalue weighted by atomic mass is 10.0. The van der Waals surface area contributed by atoms with Crippen molar-refractivity contribution < 1.29 is 9.50 Å². The molecule has 1 fully saturated rings. The van der Waals surface area contributed by atoms with Crippen LogP contribution in [0.15, 0.2) is 22.7 Å². The molecule has 1 aliphatic rings. The van der Waals surface area contributed by atoms with Gasteiger partial charge >= 0.3 is 0 Å². The van der Waals surface area contributed by atoms with Crippen LogP contribution in [0, 0.1) is 0 Å². The van der Waals surface area contributed by atoms with E-state index in [4.69, 9.17) is 0 Å². The first-order chi connectivity index (χ1) is 8.24. The number of alkyl halides is 1. The lowest BCUT2D eigenvalue weighted by Gasteiger charge is -2.34. The van der Waals surface area contributed by atoms with Gasteiger partial charge in [0.25, 0.3) is 0 Å². The monoisotopic (exact) mass is 302 g/mol. The van der Waals surface area contributed by atoms with Gasteiger partial charge in [0, 0.05) is 31.7 Å². The number of halogens is 2. The van der Waals surface area contributed by atoms with Crippen molar-refractivity contribution in [2.75, 3.05) is 32.9 Å². The highest BCUT2D eigenvalue weighted by Gasteiger charge is 2.24. The molecule has 0 spiro atoms. The van der Waals surface area contributed by atoms with Gasteiger partial charge < -0.3 is 10.4 Å². The highest BCUT2D eigenvalue weighted by atomic mass is 79.9. The van der Waals surface area contributed by atoms with E-state index in [1.807, 2.05) is 6.07 Å². The maximum absolute atomic E-state index is 13.3. The maximum atomic E-state index is 13.3. The van der Waals surface area contributed by atoms with Gasteiger partial charge in [-0.3, -0.25) is 4.90 Å². The fraction of sp³-hybridized carbons (Fsp3) is 0.500. The van der Waals surface area contributed by atoms with Gasteiger partial charge in [-0.1, -0.05) is 12.1 Å². The highest BCUT2D eigenvalue weighted by molar-refractivity contribution is 9.10. The minimum absolute atomic E-state index is 0.147. The van der Waals surface area contributed by atoms with E-state index < -0.39 is 6.67 Å². The molecule has 0 unspecified atom stereocenters. The molecule has 1 aliphatic heterocycles. The molecule has 1 saturated heterocycles. The summed E-state index contributed by atoms with van der Waals surface area (Å²) in [5, 5.41) is 13.2. The van der Waals surface area contributed by atoms with Crippen molar-refractivity contribution in [3.63, 3.8) is 0 Å². The van der Waals surface area contributed by atoms with E-state index in [1.165, 1.54) is 0 Å². The SMILES string of the molecule is Oc1c(Br)cccc1[C@H](CF)N1CCNCC1. The van der Waals surface area contributed by atoms with Gasteiger partial charge in [-0.2, -0.15) is 0 Å². The van der Waals surface area contributed by atoms with E-state index >= 15 is 0 Å². The first kappa shape index (κ1) is 12.8. The molecule has 2 rings (SSSR count). The first-order valence-corrected chi connectivity index (χ1v) is 6.51. The number of benzene rings is 1. The molecule has 1 aromatic carbocycles. The third-order valence-corrected chi connectivity index (χ3v) is 3.76. The average Bonchev–Trinajstić information content (AvgIpc) is 2.37. The number of hydrogen-bond donors (Lipinski definition) is 2. The predicted molar refractivity (Wildman–Crippen MR) is 69.0 cm³/mol. The molecule has 0 aromatic heterocycles. The van der Waals surface area contributed by atoms with Crippen LogP contribution in [0.2, 0.25) is 0 Å². The molecule has 0 bridgehead atoms. The van der Waals surface area contributed by atoms with Crippen LogP contribution in [0.25, 0.3) is 0 Å². The van der Waals surface area contributed by atoms with E-state index in [1.54, 1.807) is 12.1 Å². The number of aromatic hydroxyl groups is 1. The van der Waals surface area contributed by atoms with Crippen molar-refractivity contribution >= 4 is 15.9 Å². The van der Waals surface area contributed by atoms with Crippen molar-refractivity contribution in [3.8, 4) is 5.75 Å². The Morgan fingerprint density at radius 2 is 2.12 bits per heavy atom. The van der Waals surface area contributed by atoms with Crippen LogP contribution >= 0.6 is 15.9 Å². The second-order valence-corrected chi connectivity index (χ2v) is 4.99. The van der Waals surface area contributed by atoms with Crippen LogP contribution < -0.4 is 5.32 Å². The molecular weight excluding hydrogens is 287 g/mol. The number of nitrogens with one attached hydrogen (secondary N) is 1. The van der Waals surface area contributed by atoms with E-state index in [0.717, 1.165) is 26.2 Å². The zero-order valence-electron chi connectivity index (χ0n) is 9.50. The first-order valence-electron chi connectivity index (χ1n) is 5.72. The fourth-order valence-corrected chi connectivity index (χ4v) is 2.55. The van der Waals surface area contributed by atoms with Crippen molar-refractivity contribution in [2.24, 2.45) is 0 Å². The van der Waals surface area contributed by atoms with Gasteiger partial charge in [0.1, 0.15) is 12.4 Å². The smallest absolute Gasteiger partial charge is 0.134 e. The molecule has 1 aromatic rings. The number of hydrogen-bond acceptors (Lipinski definition) is 3. The standard InChI is InChI=1S/C12H16BrFN2O/c13-10-3-1-2-9(12(10)17)11(8-14)16-6-4-15-5-7-16/h1-3,11,15,17H,4-8H2/t11-/m0/s1. The molecule has 5 heteroatoms. The highest BCUT2D eigenvalue weighted by Crippen LogP contribution is 2.34. The zero-order valence-corrected chi connectivity index (χ0v) is 11.1. The molecule has 0 aliphatic carbocycles. The lowest BCUT2D eigenvalue weighted by molar-refractivity contribution is 0.145. The quantitative estimate of drug-likeness (QED) is 0.897. The Labute approximate surface area is 109 Å². The van der Waals surface area contributed by atoms with E-state index in [9.17, 15) is 9.50 Å². The summed E-state index contributed by atoms with van der Waals surface area (Å²) < 4.78 is 13.9. The summed E-state index contributed by atoms with van der Waals surface area (Å²) in [7, 11) is 0. The van der Waals surface area contributed by atoms with Crippen LogP contribution in [0.1, 0.15) is 11.6 Å². The maximum Gasteiger partial charge on any atom is 0.134 e. The number of phenolic OH excluding ortho intramolecular Hbond substituents is 1. The second-order valence-electron chi connectivity index (χ2n) is 4.13. The number of piperazine rings is 1. The minimum Gasteiger partial charge on any atom is -0.506 e. The molecule has 17 heavy (non-hydrogen) atoms. The van der Waals surface area contributed by atoms with Gasteiger partial charge in [0.05, 0.1) is 10.5 Å². The van der Waals surface area contributed by atoms with Gasteiger partial charge in [-0.25, -0.2) is 4.39 Å². The number of para-hydroxylation sites is 1. The van der Waals surface area contributed by atoms with Crippen LogP contribution in [0.4, 0.5) is 4.39 Å². The van der Waals surface area contributed by atoms with Crippen LogP contribution in [-0.2, 0) is 0 Å². The molecular formula is C12H16BrFN2O. The topological polar surface area (TPSA) is 35.5 Å². The second kappa shape index (κ2) is 5.80. The minimum atomic E-state index is -0.482. The van der Waals surface area contributed by atoms with E-state index in [0.29, 0.717) is 10.0 Å². The normalized spacial score (nSPS) is 19.2. The molecule has 94 valence electrons. The Balaban J connectivity index is 2.24. The Hall–Kier alpha value is -0.650. The van der Waals surface area contributed by atoms with Gasteiger partial charge in [0.15, 0.2) is 0 Å². The third kappa shape index (κ3) is 2.78. The van der Waals surface area contributed by atoms with Crippen molar-refractivity contribution in [2.45, 2.75) is 6.04 Å². The van der Waals surface area contributed by atoms with Gasteiger partial charge in [0.2, 0.25) is 0 Å². The molecule has 0 saturated carbocycles. The van der Waals surface area contributed by atoms with Crippen molar-refractivity contribution in [3.05, 3.63) is 28.2 Å². The number of phenols is 1. The van der Waals surface area contributed by atoms with Gasteiger partial charge in [-0.05, 0) is 22.0 Å². The Bertz CT molecular complexity index is 383. The van der Waals surface area contributed by atoms with Gasteiger partial charge in [-0.15, -0.1) is 0 Å². The molecule has 2 N–H and O–H groups in total. The molecule has 3 nitrogen and oxygen atoms in total. The summed E-state index contributed by atoms with van der Waals surface area (Å²) >= 11 is 3.26. The van der Waals surface area contributed by atoms with E-state index in [-0.39, 0.29) is 11.8 Å². The summed E-state index contributed by atoms with van der Waals surface area (Å²) in [6.07, 6.45) is 0. The largest absolute Gasteiger partial charge is 0.506 e. The van der Waals surface area contributed by atoms with Crippen LogP contribution in [0.5, 0.6) is 5.75 Å². The zero-order chi connectivity index (χ0) is 12.3. The summed E-state index contributed by atoms with van der Waals surface area (Å²) in [4.78, 5) is 2.07. The number of nitrogens with zero attached hydrogens (tertiary/aromatic N) is 1. The number of rotatable bonds is 3. The Kier molecular flexibility index (Phi) is 4.36. The van der Waals surface area contributed by atoms with Crippen LogP contribution in [0.3, 0.4) is 0 Å². The average molecular weight is 303 g/mol. The van der Waals surface area contributed by atoms with Crippen LogP contribution in [-0.4, -0.2) is 42.9 Å². The summed E-state index contributed by atoms with van der Waals surface area (Å²) in [6.45, 7) is 2.86. The fourth-order valence-electron chi connectivity index (χ4n) is 2.17. The Morgan fingerprint density at radius 1 is 1.41 bits per heavy atom. The summed E-state index contributed by atoms with van der Waals surface area (Å²) in [6, 6.07) is 5.01. The summed E-state index contributed by atoms with van der Waals surface area (Å²) in [5.74, 6) is 0.147. The van der Waals surface area contributed by atoms with E-state index in [2.05, 4.69) is 26.1 Å². The van der Waals surface area contributed by atoms with Crippen molar-refractivity contribution in [1.82, 2.24) is 10.2 Å². The Morgan fingerprint density at radius 3 is 2.76 bits per heavy atom. The summed E-state index contributed by atoms with van der Waals surface area (Å²) in [5.41, 5.74) is 0.656. The molecule has 0 amide bonds.